The number of thiazole rings is 1. The van der Waals surface area contributed by atoms with Gasteiger partial charge in [-0.25, -0.2) is 9.78 Å². The molecule has 1 fully saturated rings. The summed E-state index contributed by atoms with van der Waals surface area (Å²) in [5.41, 5.74) is 1.03. The molecule has 1 aliphatic rings. The molecule has 3 rings (SSSR count). The number of benzene rings is 1. The van der Waals surface area contributed by atoms with E-state index < -0.39 is 12.0 Å². The molecule has 2 aromatic rings. The third kappa shape index (κ3) is 3.93. The SMILES string of the molecule is O=C(O)[C@H]1CCCCN1C(=O)CCCCc1nc2ccccc2s1. The van der Waals surface area contributed by atoms with Crippen molar-refractivity contribution in [2.75, 3.05) is 6.54 Å². The monoisotopic (exact) mass is 346 g/mol. The van der Waals surface area contributed by atoms with Gasteiger partial charge in [-0.3, -0.25) is 4.79 Å². The number of aromatic nitrogens is 1. The fourth-order valence-corrected chi connectivity index (χ4v) is 4.22. The van der Waals surface area contributed by atoms with Crippen LogP contribution in [0.4, 0.5) is 0 Å². The molecule has 1 atom stereocenters. The van der Waals surface area contributed by atoms with Crippen LogP contribution < -0.4 is 0 Å². The van der Waals surface area contributed by atoms with Gasteiger partial charge in [0.2, 0.25) is 5.91 Å². The summed E-state index contributed by atoms with van der Waals surface area (Å²) in [5.74, 6) is -0.899. The van der Waals surface area contributed by atoms with E-state index in [-0.39, 0.29) is 5.91 Å². The number of hydrogen-bond donors (Lipinski definition) is 1. The lowest BCUT2D eigenvalue weighted by Gasteiger charge is -2.33. The average molecular weight is 346 g/mol. The summed E-state index contributed by atoms with van der Waals surface area (Å²) >= 11 is 1.70. The molecule has 1 aliphatic heterocycles. The van der Waals surface area contributed by atoms with Crippen LogP contribution in [-0.2, 0) is 16.0 Å². The Balaban J connectivity index is 1.47. The van der Waals surface area contributed by atoms with Crippen molar-refractivity contribution in [1.29, 1.82) is 0 Å². The van der Waals surface area contributed by atoms with Gasteiger partial charge in [0.25, 0.3) is 0 Å². The van der Waals surface area contributed by atoms with Crippen molar-refractivity contribution in [3.8, 4) is 0 Å². The number of aliphatic carboxylic acids is 1. The van der Waals surface area contributed by atoms with Crippen LogP contribution in [0.15, 0.2) is 24.3 Å². The Morgan fingerprint density at radius 1 is 1.25 bits per heavy atom. The molecule has 1 saturated heterocycles. The van der Waals surface area contributed by atoms with Crippen LogP contribution >= 0.6 is 11.3 Å². The number of carboxylic acids is 1. The third-order valence-electron chi connectivity index (χ3n) is 4.48. The molecule has 1 aromatic heterocycles. The molecule has 0 aliphatic carbocycles. The largest absolute Gasteiger partial charge is 0.480 e. The highest BCUT2D eigenvalue weighted by atomic mass is 32.1. The van der Waals surface area contributed by atoms with Crippen LogP contribution in [0.2, 0.25) is 0 Å². The summed E-state index contributed by atoms with van der Waals surface area (Å²) < 4.78 is 1.20. The lowest BCUT2D eigenvalue weighted by Crippen LogP contribution is -2.47. The molecule has 1 aromatic carbocycles. The van der Waals surface area contributed by atoms with Crippen molar-refractivity contribution in [3.63, 3.8) is 0 Å². The fourth-order valence-electron chi connectivity index (χ4n) is 3.21. The molecule has 0 spiro atoms. The van der Waals surface area contributed by atoms with Crippen LogP contribution in [0, 0.1) is 0 Å². The fraction of sp³-hybridized carbons (Fsp3) is 0.500. The van der Waals surface area contributed by atoms with Crippen molar-refractivity contribution >= 4 is 33.4 Å². The first-order valence-corrected chi connectivity index (χ1v) is 9.33. The average Bonchev–Trinajstić information content (AvgIpc) is 3.01. The number of piperidine rings is 1. The van der Waals surface area contributed by atoms with Crippen LogP contribution in [0.3, 0.4) is 0 Å². The van der Waals surface area contributed by atoms with E-state index in [4.69, 9.17) is 0 Å². The summed E-state index contributed by atoms with van der Waals surface area (Å²) in [6, 6.07) is 7.46. The number of carbonyl (C=O) groups is 2. The molecule has 0 radical (unpaired) electrons. The second-order valence-electron chi connectivity index (χ2n) is 6.22. The van der Waals surface area contributed by atoms with E-state index in [1.807, 2.05) is 18.2 Å². The summed E-state index contributed by atoms with van der Waals surface area (Å²) in [6.45, 7) is 0.577. The number of nitrogens with zero attached hydrogens (tertiary/aromatic N) is 2. The Morgan fingerprint density at radius 2 is 2.08 bits per heavy atom. The summed E-state index contributed by atoms with van der Waals surface area (Å²) in [6.07, 6.45) is 5.34. The molecule has 2 heterocycles. The highest BCUT2D eigenvalue weighted by Crippen LogP contribution is 2.23. The number of para-hydroxylation sites is 1. The second kappa shape index (κ2) is 7.75. The number of fused-ring (bicyclic) bond motifs is 1. The van der Waals surface area contributed by atoms with Crippen molar-refractivity contribution < 1.29 is 14.7 Å². The van der Waals surface area contributed by atoms with E-state index in [9.17, 15) is 14.7 Å². The standard InChI is InChI=1S/C18H22N2O3S/c21-17(20-12-6-5-8-14(20)18(22)23)11-4-3-10-16-19-13-7-1-2-9-15(13)24-16/h1-2,7,9,14H,3-6,8,10-12H2,(H,22,23)/t14-/m1/s1. The van der Waals surface area contributed by atoms with Gasteiger partial charge in [-0.2, -0.15) is 0 Å². The van der Waals surface area contributed by atoms with Crippen molar-refractivity contribution in [1.82, 2.24) is 9.88 Å². The topological polar surface area (TPSA) is 70.5 Å². The third-order valence-corrected chi connectivity index (χ3v) is 5.57. The quantitative estimate of drug-likeness (QED) is 0.813. The van der Waals surface area contributed by atoms with Crippen LogP contribution in [0.25, 0.3) is 10.2 Å². The first kappa shape index (κ1) is 16.9. The van der Waals surface area contributed by atoms with E-state index in [2.05, 4.69) is 11.1 Å². The molecule has 1 amide bonds. The van der Waals surface area contributed by atoms with Gasteiger partial charge in [0.05, 0.1) is 15.2 Å². The summed E-state index contributed by atoms with van der Waals surface area (Å²) in [4.78, 5) is 29.7. The van der Waals surface area contributed by atoms with Gasteiger partial charge < -0.3 is 10.0 Å². The van der Waals surface area contributed by atoms with Crippen molar-refractivity contribution in [2.45, 2.75) is 51.0 Å². The molecule has 6 heteroatoms. The lowest BCUT2D eigenvalue weighted by atomic mass is 10.0. The zero-order chi connectivity index (χ0) is 16.9. The van der Waals surface area contributed by atoms with E-state index in [1.54, 1.807) is 16.2 Å². The van der Waals surface area contributed by atoms with Crippen LogP contribution in [0.5, 0.6) is 0 Å². The summed E-state index contributed by atoms with van der Waals surface area (Å²) in [5, 5.41) is 10.3. The Bertz CT molecular complexity index is 695. The van der Waals surface area contributed by atoms with Gasteiger partial charge in [0.1, 0.15) is 6.04 Å². The maximum Gasteiger partial charge on any atom is 0.326 e. The number of rotatable bonds is 6. The number of unbranched alkanes of at least 4 members (excludes halogenated alkanes) is 1. The number of hydrogen-bond acceptors (Lipinski definition) is 4. The number of aryl methyl sites for hydroxylation is 1. The van der Waals surface area contributed by atoms with E-state index in [1.165, 1.54) is 4.70 Å². The van der Waals surface area contributed by atoms with E-state index in [0.29, 0.717) is 19.4 Å². The predicted octanol–water partition coefficient (Wildman–Crippen LogP) is 3.47. The summed E-state index contributed by atoms with van der Waals surface area (Å²) in [7, 11) is 0. The minimum Gasteiger partial charge on any atom is -0.480 e. The first-order valence-electron chi connectivity index (χ1n) is 8.52. The highest BCUT2D eigenvalue weighted by molar-refractivity contribution is 7.18. The van der Waals surface area contributed by atoms with Gasteiger partial charge in [0.15, 0.2) is 0 Å². The van der Waals surface area contributed by atoms with Gasteiger partial charge in [-0.1, -0.05) is 12.1 Å². The Hall–Kier alpha value is -1.95. The minimum atomic E-state index is -0.877. The number of carboxylic acid groups (broad SMARTS) is 1. The van der Waals surface area contributed by atoms with Crippen LogP contribution in [-0.4, -0.2) is 39.5 Å². The molecule has 5 nitrogen and oxygen atoms in total. The van der Waals surface area contributed by atoms with Crippen molar-refractivity contribution in [3.05, 3.63) is 29.3 Å². The van der Waals surface area contributed by atoms with Gasteiger partial charge in [0, 0.05) is 13.0 Å². The molecular weight excluding hydrogens is 324 g/mol. The smallest absolute Gasteiger partial charge is 0.326 e. The van der Waals surface area contributed by atoms with Crippen molar-refractivity contribution in [2.24, 2.45) is 0 Å². The number of likely N-dealkylation sites (tertiary alicyclic amines) is 1. The molecule has 24 heavy (non-hydrogen) atoms. The number of amides is 1. The molecule has 0 unspecified atom stereocenters. The maximum atomic E-state index is 12.3. The molecular formula is C18H22N2O3S. The highest BCUT2D eigenvalue weighted by Gasteiger charge is 2.31. The Labute approximate surface area is 145 Å². The van der Waals surface area contributed by atoms with Crippen LogP contribution in [0.1, 0.15) is 43.5 Å². The molecule has 128 valence electrons. The first-order chi connectivity index (χ1) is 11.6. The minimum absolute atomic E-state index is 0.0219. The predicted molar refractivity (Wildman–Crippen MR) is 94.2 cm³/mol. The maximum absolute atomic E-state index is 12.3. The van der Waals surface area contributed by atoms with E-state index >= 15 is 0 Å². The molecule has 0 bridgehead atoms. The van der Waals surface area contributed by atoms with Gasteiger partial charge in [-0.15, -0.1) is 11.3 Å². The Morgan fingerprint density at radius 3 is 2.88 bits per heavy atom. The van der Waals surface area contributed by atoms with Gasteiger partial charge >= 0.3 is 5.97 Å². The zero-order valence-corrected chi connectivity index (χ0v) is 14.4. The Kier molecular flexibility index (Phi) is 5.45. The second-order valence-corrected chi connectivity index (χ2v) is 7.33. The molecule has 0 saturated carbocycles. The molecule has 1 N–H and O–H groups in total. The van der Waals surface area contributed by atoms with E-state index in [0.717, 1.165) is 42.6 Å². The zero-order valence-electron chi connectivity index (χ0n) is 13.6. The number of carbonyl (C=O) groups excluding carboxylic acids is 1. The van der Waals surface area contributed by atoms with Gasteiger partial charge in [-0.05, 0) is 50.7 Å². The normalized spacial score (nSPS) is 18.0. The lowest BCUT2D eigenvalue weighted by molar-refractivity contribution is -0.152.